The molecule has 5 heteroatoms. The highest BCUT2D eigenvalue weighted by molar-refractivity contribution is 5.49. The van der Waals surface area contributed by atoms with Crippen LogP contribution in [-0.4, -0.2) is 31.1 Å². The molecule has 0 bridgehead atoms. The molecule has 2 rings (SSSR count). The lowest BCUT2D eigenvalue weighted by atomic mass is 10.0. The zero-order chi connectivity index (χ0) is 14.8. The van der Waals surface area contributed by atoms with Gasteiger partial charge in [0.15, 0.2) is 0 Å². The summed E-state index contributed by atoms with van der Waals surface area (Å²) in [4.78, 5) is 2.27. The van der Waals surface area contributed by atoms with Gasteiger partial charge in [-0.2, -0.15) is 13.2 Å². The largest absolute Gasteiger partial charge is 0.416 e. The lowest BCUT2D eigenvalue weighted by Crippen LogP contribution is -2.40. The molecule has 1 aromatic rings. The number of nitrogens with zero attached hydrogens (tertiary/aromatic N) is 1. The Labute approximate surface area is 118 Å². The van der Waals surface area contributed by atoms with Gasteiger partial charge in [-0.05, 0) is 51.1 Å². The van der Waals surface area contributed by atoms with Crippen molar-refractivity contribution < 1.29 is 13.2 Å². The van der Waals surface area contributed by atoms with Crippen LogP contribution < -0.4 is 5.32 Å². The minimum absolute atomic E-state index is 0.262. The Morgan fingerprint density at radius 1 is 1.30 bits per heavy atom. The van der Waals surface area contributed by atoms with Gasteiger partial charge in [0.2, 0.25) is 0 Å². The average Bonchev–Trinajstić information content (AvgIpc) is 2.38. The molecule has 1 fully saturated rings. The minimum Gasteiger partial charge on any atom is -0.383 e. The normalized spacial score (nSPS) is 20.9. The number of aryl methyl sites for hydroxylation is 1. The highest BCUT2D eigenvalue weighted by Crippen LogP contribution is 2.33. The van der Waals surface area contributed by atoms with Crippen molar-refractivity contribution in [2.24, 2.45) is 0 Å². The number of benzene rings is 1. The van der Waals surface area contributed by atoms with Gasteiger partial charge in [0.25, 0.3) is 0 Å². The number of piperidine rings is 1. The summed E-state index contributed by atoms with van der Waals surface area (Å²) >= 11 is 0. The summed E-state index contributed by atoms with van der Waals surface area (Å²) in [5.74, 6) is 0. The first-order valence-electron chi connectivity index (χ1n) is 7.00. The molecule has 1 aliphatic heterocycles. The van der Waals surface area contributed by atoms with E-state index in [4.69, 9.17) is 0 Å². The fourth-order valence-corrected chi connectivity index (χ4v) is 2.68. The van der Waals surface area contributed by atoms with Crippen molar-refractivity contribution in [2.45, 2.75) is 38.4 Å². The predicted octanol–water partition coefficient (Wildman–Crippen LogP) is 3.91. The van der Waals surface area contributed by atoms with E-state index in [-0.39, 0.29) is 5.56 Å². The van der Waals surface area contributed by atoms with E-state index in [0.717, 1.165) is 13.0 Å². The number of hydrogen-bond donors (Lipinski definition) is 1. The van der Waals surface area contributed by atoms with Crippen molar-refractivity contribution in [3.05, 3.63) is 29.3 Å². The second kappa shape index (κ2) is 6.04. The van der Waals surface area contributed by atoms with Gasteiger partial charge in [-0.1, -0.05) is 12.5 Å². The van der Waals surface area contributed by atoms with Crippen LogP contribution in [0.3, 0.4) is 0 Å². The molecule has 112 valence electrons. The van der Waals surface area contributed by atoms with Gasteiger partial charge in [0, 0.05) is 18.3 Å². The van der Waals surface area contributed by atoms with Crippen LogP contribution in [0, 0.1) is 6.92 Å². The van der Waals surface area contributed by atoms with E-state index in [1.54, 1.807) is 6.07 Å². The Morgan fingerprint density at radius 2 is 2.05 bits per heavy atom. The summed E-state index contributed by atoms with van der Waals surface area (Å²) in [5.41, 5.74) is 0.249. The molecule has 0 spiro atoms. The van der Waals surface area contributed by atoms with E-state index >= 15 is 0 Å². The summed E-state index contributed by atoms with van der Waals surface area (Å²) in [6, 6.07) is 4.85. The molecule has 1 saturated heterocycles. The first kappa shape index (κ1) is 15.2. The fraction of sp³-hybridized carbons (Fsp3) is 0.600. The van der Waals surface area contributed by atoms with Gasteiger partial charge >= 0.3 is 6.18 Å². The van der Waals surface area contributed by atoms with Crippen LogP contribution in [0.2, 0.25) is 0 Å². The summed E-state index contributed by atoms with van der Waals surface area (Å²) in [5, 5.41) is 3.14. The minimum atomic E-state index is -4.29. The number of alkyl halides is 3. The van der Waals surface area contributed by atoms with E-state index in [2.05, 4.69) is 17.3 Å². The lowest BCUT2D eigenvalue weighted by molar-refractivity contribution is -0.138. The van der Waals surface area contributed by atoms with Gasteiger partial charge < -0.3 is 10.2 Å². The van der Waals surface area contributed by atoms with Crippen LogP contribution in [0.25, 0.3) is 0 Å². The van der Waals surface area contributed by atoms with Gasteiger partial charge in [-0.25, -0.2) is 0 Å². The maximum atomic E-state index is 12.8. The molecule has 0 aliphatic carbocycles. The van der Waals surface area contributed by atoms with Gasteiger partial charge in [-0.3, -0.25) is 0 Å². The quantitative estimate of drug-likeness (QED) is 0.906. The number of nitrogens with one attached hydrogen (secondary N) is 1. The second-order valence-electron chi connectivity index (χ2n) is 5.54. The van der Waals surface area contributed by atoms with Gasteiger partial charge in [0.1, 0.15) is 0 Å². The fourth-order valence-electron chi connectivity index (χ4n) is 2.68. The molecule has 2 nitrogen and oxygen atoms in total. The summed E-state index contributed by atoms with van der Waals surface area (Å²) in [7, 11) is 2.07. The zero-order valence-corrected chi connectivity index (χ0v) is 11.9. The van der Waals surface area contributed by atoms with Crippen LogP contribution in [0.5, 0.6) is 0 Å². The number of halogens is 3. The summed E-state index contributed by atoms with van der Waals surface area (Å²) < 4.78 is 38.5. The van der Waals surface area contributed by atoms with Crippen LogP contribution in [0.4, 0.5) is 18.9 Å². The maximum Gasteiger partial charge on any atom is 0.416 e. The third kappa shape index (κ3) is 3.66. The molecule has 0 radical (unpaired) electrons. The van der Waals surface area contributed by atoms with Crippen molar-refractivity contribution in [3.8, 4) is 0 Å². The Kier molecular flexibility index (Phi) is 4.58. The molecule has 1 aliphatic rings. The Morgan fingerprint density at radius 3 is 2.70 bits per heavy atom. The first-order valence-corrected chi connectivity index (χ1v) is 7.00. The maximum absolute atomic E-state index is 12.8. The third-order valence-electron chi connectivity index (χ3n) is 4.01. The number of anilines is 1. The predicted molar refractivity (Wildman–Crippen MR) is 74.9 cm³/mol. The summed E-state index contributed by atoms with van der Waals surface area (Å²) in [6.07, 6.45) is -0.793. The number of hydrogen-bond acceptors (Lipinski definition) is 2. The van der Waals surface area contributed by atoms with Gasteiger partial charge in [-0.15, -0.1) is 0 Å². The number of rotatable bonds is 3. The van der Waals surface area contributed by atoms with Gasteiger partial charge in [0.05, 0.1) is 5.56 Å². The SMILES string of the molecule is Cc1ccc(NCC2CCCCN2C)cc1C(F)(F)F. The Balaban J connectivity index is 2.03. The Bertz CT molecular complexity index is 457. The first-order chi connectivity index (χ1) is 9.38. The van der Waals surface area contributed by atoms with Crippen molar-refractivity contribution in [3.63, 3.8) is 0 Å². The monoisotopic (exact) mass is 286 g/mol. The highest BCUT2D eigenvalue weighted by atomic mass is 19.4. The molecule has 1 heterocycles. The number of likely N-dealkylation sites (N-methyl/N-ethyl adjacent to an activating group) is 1. The van der Waals surface area contributed by atoms with Crippen molar-refractivity contribution >= 4 is 5.69 Å². The van der Waals surface area contributed by atoms with E-state index < -0.39 is 11.7 Å². The highest BCUT2D eigenvalue weighted by Gasteiger charge is 2.32. The van der Waals surface area contributed by atoms with Crippen LogP contribution in [-0.2, 0) is 6.18 Å². The topological polar surface area (TPSA) is 15.3 Å². The van der Waals surface area contributed by atoms with E-state index in [1.165, 1.54) is 31.9 Å². The molecule has 0 aromatic heterocycles. The molecule has 20 heavy (non-hydrogen) atoms. The molecule has 0 amide bonds. The van der Waals surface area contributed by atoms with Crippen molar-refractivity contribution in [2.75, 3.05) is 25.5 Å². The van der Waals surface area contributed by atoms with E-state index in [1.807, 2.05) is 0 Å². The van der Waals surface area contributed by atoms with Crippen LogP contribution in [0.15, 0.2) is 18.2 Å². The molecule has 1 unspecified atom stereocenters. The standard InChI is InChI=1S/C15H21F3N2/c1-11-6-7-12(9-14(11)15(16,17)18)19-10-13-5-3-4-8-20(13)2/h6-7,9,13,19H,3-5,8,10H2,1-2H3. The molecule has 1 atom stereocenters. The second-order valence-corrected chi connectivity index (χ2v) is 5.54. The molecule has 0 saturated carbocycles. The number of likely N-dealkylation sites (tertiary alicyclic amines) is 1. The molecule has 1 aromatic carbocycles. The summed E-state index contributed by atoms with van der Waals surface area (Å²) in [6.45, 7) is 3.24. The molecular formula is C15H21F3N2. The third-order valence-corrected chi connectivity index (χ3v) is 4.01. The van der Waals surface area contributed by atoms with E-state index in [0.29, 0.717) is 18.3 Å². The van der Waals surface area contributed by atoms with E-state index in [9.17, 15) is 13.2 Å². The van der Waals surface area contributed by atoms with Crippen LogP contribution >= 0.6 is 0 Å². The van der Waals surface area contributed by atoms with Crippen molar-refractivity contribution in [1.29, 1.82) is 0 Å². The zero-order valence-electron chi connectivity index (χ0n) is 11.9. The van der Waals surface area contributed by atoms with Crippen LogP contribution in [0.1, 0.15) is 30.4 Å². The smallest absolute Gasteiger partial charge is 0.383 e. The molecular weight excluding hydrogens is 265 g/mol. The average molecular weight is 286 g/mol. The Hall–Kier alpha value is -1.23. The lowest BCUT2D eigenvalue weighted by Gasteiger charge is -2.32. The van der Waals surface area contributed by atoms with Crippen molar-refractivity contribution in [1.82, 2.24) is 4.90 Å². The molecule has 1 N–H and O–H groups in total.